The first-order valence-corrected chi connectivity index (χ1v) is 4.97. The van der Waals surface area contributed by atoms with Crippen molar-refractivity contribution < 1.29 is 0 Å². The quantitative estimate of drug-likeness (QED) is 0.730. The molecule has 0 aromatic carbocycles. The number of hydrogen-bond donors (Lipinski definition) is 1. The molecular weight excluding hydrogens is 176 g/mol. The Balaban J connectivity index is 2.14. The first-order chi connectivity index (χ1) is 6.95. The van der Waals surface area contributed by atoms with Crippen molar-refractivity contribution in [2.24, 2.45) is 0 Å². The molecular formula is C10H12N4. The number of nitrogens with one attached hydrogen (secondary N) is 1. The summed E-state index contributed by atoms with van der Waals surface area (Å²) in [4.78, 5) is 4.28. The van der Waals surface area contributed by atoms with Gasteiger partial charge in [0.2, 0.25) is 0 Å². The van der Waals surface area contributed by atoms with Gasteiger partial charge in [0.05, 0.1) is 0 Å². The Bertz CT molecular complexity index is 442. The van der Waals surface area contributed by atoms with Crippen molar-refractivity contribution in [1.29, 1.82) is 0 Å². The molecule has 1 saturated heterocycles. The van der Waals surface area contributed by atoms with E-state index in [9.17, 15) is 0 Å². The molecule has 72 valence electrons. The molecule has 1 unspecified atom stereocenters. The zero-order chi connectivity index (χ0) is 9.38. The monoisotopic (exact) mass is 188 g/mol. The van der Waals surface area contributed by atoms with E-state index in [4.69, 9.17) is 0 Å². The second-order valence-corrected chi connectivity index (χ2v) is 3.64. The lowest BCUT2D eigenvalue weighted by atomic mass is 10.1. The van der Waals surface area contributed by atoms with Crippen molar-refractivity contribution in [2.45, 2.75) is 18.9 Å². The third-order valence-corrected chi connectivity index (χ3v) is 2.77. The van der Waals surface area contributed by atoms with Gasteiger partial charge in [-0.2, -0.15) is 5.10 Å². The largest absolute Gasteiger partial charge is 0.310 e. The highest BCUT2D eigenvalue weighted by Gasteiger charge is 2.19. The van der Waals surface area contributed by atoms with Crippen LogP contribution in [-0.2, 0) is 0 Å². The average Bonchev–Trinajstić information content (AvgIpc) is 2.88. The van der Waals surface area contributed by atoms with Crippen LogP contribution in [0.4, 0.5) is 0 Å². The van der Waals surface area contributed by atoms with Crippen molar-refractivity contribution in [3.05, 3.63) is 30.2 Å². The molecule has 1 N–H and O–H groups in total. The van der Waals surface area contributed by atoms with Gasteiger partial charge in [0.25, 0.3) is 0 Å². The zero-order valence-electron chi connectivity index (χ0n) is 7.85. The number of aromatic nitrogens is 3. The van der Waals surface area contributed by atoms with Crippen molar-refractivity contribution in [3.8, 4) is 0 Å². The maximum Gasteiger partial charge on any atom is 0.160 e. The summed E-state index contributed by atoms with van der Waals surface area (Å²) >= 11 is 0. The maximum atomic E-state index is 4.28. The van der Waals surface area contributed by atoms with E-state index in [2.05, 4.69) is 21.5 Å². The molecule has 0 amide bonds. The lowest BCUT2D eigenvalue weighted by Crippen LogP contribution is -2.13. The molecule has 1 fully saturated rings. The summed E-state index contributed by atoms with van der Waals surface area (Å²) in [5.74, 6) is 0. The maximum absolute atomic E-state index is 4.28. The molecule has 1 aliphatic rings. The number of fused-ring (bicyclic) bond motifs is 1. The number of pyridine rings is 1. The minimum Gasteiger partial charge on any atom is -0.310 e. The Morgan fingerprint density at radius 2 is 2.50 bits per heavy atom. The summed E-state index contributed by atoms with van der Waals surface area (Å²) in [6.07, 6.45) is 5.99. The van der Waals surface area contributed by atoms with Crippen molar-refractivity contribution in [2.75, 3.05) is 6.54 Å². The highest BCUT2D eigenvalue weighted by atomic mass is 15.3. The second kappa shape index (κ2) is 3.06. The van der Waals surface area contributed by atoms with Crippen LogP contribution >= 0.6 is 0 Å². The van der Waals surface area contributed by atoms with E-state index in [1.807, 2.05) is 16.8 Å². The molecule has 0 spiro atoms. The van der Waals surface area contributed by atoms with E-state index in [0.717, 1.165) is 12.2 Å². The first kappa shape index (κ1) is 7.94. The van der Waals surface area contributed by atoms with Gasteiger partial charge in [-0.05, 0) is 25.5 Å². The van der Waals surface area contributed by atoms with E-state index >= 15 is 0 Å². The summed E-state index contributed by atoms with van der Waals surface area (Å²) in [5, 5.41) is 7.60. The molecule has 2 aromatic heterocycles. The Labute approximate surface area is 82.0 Å². The van der Waals surface area contributed by atoms with Gasteiger partial charge in [-0.3, -0.25) is 0 Å². The van der Waals surface area contributed by atoms with Crippen LogP contribution < -0.4 is 5.32 Å². The highest BCUT2D eigenvalue weighted by molar-refractivity contribution is 5.48. The molecule has 0 saturated carbocycles. The molecule has 0 radical (unpaired) electrons. The molecule has 1 atom stereocenters. The SMILES string of the molecule is c1cc(C2CCCN2)c2ncnn2c1. The fraction of sp³-hybridized carbons (Fsp3) is 0.400. The van der Waals surface area contributed by atoms with Gasteiger partial charge < -0.3 is 5.32 Å². The molecule has 4 heteroatoms. The van der Waals surface area contributed by atoms with Crippen LogP contribution in [0.2, 0.25) is 0 Å². The van der Waals surface area contributed by atoms with Crippen LogP contribution in [0.3, 0.4) is 0 Å². The van der Waals surface area contributed by atoms with Gasteiger partial charge in [-0.15, -0.1) is 0 Å². The van der Waals surface area contributed by atoms with Crippen LogP contribution in [0.1, 0.15) is 24.4 Å². The van der Waals surface area contributed by atoms with Crippen molar-refractivity contribution in [3.63, 3.8) is 0 Å². The Kier molecular flexibility index (Phi) is 1.73. The fourth-order valence-corrected chi connectivity index (χ4v) is 2.09. The third kappa shape index (κ3) is 1.11. The minimum absolute atomic E-state index is 0.461. The minimum atomic E-state index is 0.461. The van der Waals surface area contributed by atoms with Gasteiger partial charge in [0.15, 0.2) is 5.65 Å². The molecule has 1 aliphatic heterocycles. The Morgan fingerprint density at radius 3 is 3.36 bits per heavy atom. The molecule has 4 nitrogen and oxygen atoms in total. The lowest BCUT2D eigenvalue weighted by molar-refractivity contribution is 0.647. The first-order valence-electron chi connectivity index (χ1n) is 4.97. The average molecular weight is 188 g/mol. The molecule has 0 bridgehead atoms. The van der Waals surface area contributed by atoms with Gasteiger partial charge in [0.1, 0.15) is 6.33 Å². The number of hydrogen-bond acceptors (Lipinski definition) is 3. The summed E-state index contributed by atoms with van der Waals surface area (Å²) in [6.45, 7) is 1.11. The van der Waals surface area contributed by atoms with Crippen LogP contribution in [0.25, 0.3) is 5.65 Å². The standard InChI is InChI=1S/C10H12N4/c1-4-9(11-5-1)8-3-2-6-14-10(8)12-7-13-14/h2-3,6-7,9,11H,1,4-5H2. The van der Waals surface area contributed by atoms with E-state index in [1.54, 1.807) is 6.33 Å². The van der Waals surface area contributed by atoms with E-state index in [-0.39, 0.29) is 0 Å². The molecule has 2 aromatic rings. The van der Waals surface area contributed by atoms with Crippen LogP contribution in [0.15, 0.2) is 24.7 Å². The number of nitrogens with zero attached hydrogens (tertiary/aromatic N) is 3. The normalized spacial score (nSPS) is 21.9. The van der Waals surface area contributed by atoms with Crippen molar-refractivity contribution >= 4 is 5.65 Å². The molecule has 3 rings (SSSR count). The van der Waals surface area contributed by atoms with Gasteiger partial charge >= 0.3 is 0 Å². The van der Waals surface area contributed by atoms with Crippen molar-refractivity contribution in [1.82, 2.24) is 19.9 Å². The van der Waals surface area contributed by atoms with Crippen LogP contribution in [0, 0.1) is 0 Å². The Morgan fingerprint density at radius 1 is 1.50 bits per heavy atom. The van der Waals surface area contributed by atoms with Gasteiger partial charge in [0, 0.05) is 17.8 Å². The summed E-state index contributed by atoms with van der Waals surface area (Å²) in [7, 11) is 0. The Hall–Kier alpha value is -1.42. The predicted octanol–water partition coefficient (Wildman–Crippen LogP) is 1.15. The molecule has 14 heavy (non-hydrogen) atoms. The highest BCUT2D eigenvalue weighted by Crippen LogP contribution is 2.24. The second-order valence-electron chi connectivity index (χ2n) is 3.64. The number of rotatable bonds is 1. The molecule has 0 aliphatic carbocycles. The smallest absolute Gasteiger partial charge is 0.160 e. The third-order valence-electron chi connectivity index (χ3n) is 2.77. The van der Waals surface area contributed by atoms with E-state index in [0.29, 0.717) is 6.04 Å². The predicted molar refractivity (Wildman–Crippen MR) is 53.0 cm³/mol. The topological polar surface area (TPSA) is 42.2 Å². The van der Waals surface area contributed by atoms with E-state index < -0.39 is 0 Å². The van der Waals surface area contributed by atoms with Gasteiger partial charge in [-0.1, -0.05) is 6.07 Å². The van der Waals surface area contributed by atoms with Gasteiger partial charge in [-0.25, -0.2) is 9.50 Å². The zero-order valence-corrected chi connectivity index (χ0v) is 7.85. The lowest BCUT2D eigenvalue weighted by Gasteiger charge is -2.10. The van der Waals surface area contributed by atoms with Crippen LogP contribution in [-0.4, -0.2) is 21.1 Å². The summed E-state index contributed by atoms with van der Waals surface area (Å²) in [5.41, 5.74) is 2.24. The molecule has 3 heterocycles. The van der Waals surface area contributed by atoms with E-state index in [1.165, 1.54) is 18.4 Å². The van der Waals surface area contributed by atoms with Crippen LogP contribution in [0.5, 0.6) is 0 Å². The summed E-state index contributed by atoms with van der Waals surface area (Å²) < 4.78 is 1.83. The summed E-state index contributed by atoms with van der Waals surface area (Å²) in [6, 6.07) is 4.62. The fourth-order valence-electron chi connectivity index (χ4n) is 2.09.